The second-order valence-corrected chi connectivity index (χ2v) is 9.49. The number of hydrogen-bond donors (Lipinski definition) is 3. The van der Waals surface area contributed by atoms with E-state index in [1.807, 2.05) is 0 Å². The molecule has 2 rings (SSSR count). The molecule has 0 saturated carbocycles. The molecule has 7 heteroatoms. The highest BCUT2D eigenvalue weighted by Gasteiger charge is 2.16. The molecule has 0 spiro atoms. The molecule has 3 N–H and O–H groups in total. The highest BCUT2D eigenvalue weighted by molar-refractivity contribution is 7.92. The number of rotatable bonds is 15. The topological polar surface area (TPSA) is 95.9 Å². The van der Waals surface area contributed by atoms with E-state index in [1.54, 1.807) is 12.1 Å². The summed E-state index contributed by atoms with van der Waals surface area (Å²) in [6, 6.07) is 9.79. The third-order valence-corrected chi connectivity index (χ3v) is 6.51. The van der Waals surface area contributed by atoms with E-state index < -0.39 is 10.0 Å². The van der Waals surface area contributed by atoms with Crippen molar-refractivity contribution in [2.45, 2.75) is 76.0 Å². The molecule has 2 aromatic carbocycles. The maximum absolute atomic E-state index is 12.5. The van der Waals surface area contributed by atoms with Gasteiger partial charge in [-0.15, -0.1) is 0 Å². The van der Waals surface area contributed by atoms with E-state index in [9.17, 15) is 18.6 Å². The predicted octanol–water partition coefficient (Wildman–Crippen LogP) is 6.20. The lowest BCUT2D eigenvalue weighted by atomic mass is 10.1. The molecular formula is C24H35NO5S. The fourth-order valence-electron chi connectivity index (χ4n) is 3.30. The second kappa shape index (κ2) is 13.1. The Morgan fingerprint density at radius 3 is 2.00 bits per heavy atom. The number of aromatic hydroxyl groups is 2. The SMILES string of the molecule is CCCCCCCCCCCCOc1ccc(S(=O)(=O)Nc2cc(O)ccc2O)cc1. The van der Waals surface area contributed by atoms with Crippen LogP contribution in [0.1, 0.15) is 71.1 Å². The number of anilines is 1. The van der Waals surface area contributed by atoms with Crippen molar-refractivity contribution in [3.8, 4) is 17.2 Å². The van der Waals surface area contributed by atoms with Crippen LogP contribution in [0.4, 0.5) is 5.69 Å². The van der Waals surface area contributed by atoms with Gasteiger partial charge in [0.2, 0.25) is 0 Å². The zero-order valence-electron chi connectivity index (χ0n) is 18.3. The largest absolute Gasteiger partial charge is 0.508 e. The van der Waals surface area contributed by atoms with Gasteiger partial charge in [0.1, 0.15) is 17.2 Å². The van der Waals surface area contributed by atoms with Gasteiger partial charge in [0.05, 0.1) is 17.2 Å². The number of sulfonamides is 1. The number of phenolic OH excluding ortho intramolecular Hbond substituents is 2. The van der Waals surface area contributed by atoms with Crippen molar-refractivity contribution in [2.75, 3.05) is 11.3 Å². The van der Waals surface area contributed by atoms with Crippen LogP contribution in [0.2, 0.25) is 0 Å². The molecule has 0 bridgehead atoms. The van der Waals surface area contributed by atoms with E-state index in [4.69, 9.17) is 4.74 Å². The van der Waals surface area contributed by atoms with Crippen LogP contribution in [0.3, 0.4) is 0 Å². The van der Waals surface area contributed by atoms with E-state index in [2.05, 4.69) is 11.6 Å². The Kier molecular flexibility index (Phi) is 10.5. The van der Waals surface area contributed by atoms with Crippen LogP contribution < -0.4 is 9.46 Å². The molecule has 0 aromatic heterocycles. The lowest BCUT2D eigenvalue weighted by molar-refractivity contribution is 0.304. The number of hydrogen-bond acceptors (Lipinski definition) is 5. The standard InChI is InChI=1S/C24H35NO5S/c1-2-3-4-5-6-7-8-9-10-11-18-30-21-13-15-22(16-14-21)31(28,29)25-23-19-20(26)12-17-24(23)27/h12-17,19,25-27H,2-11,18H2,1H3. The van der Waals surface area contributed by atoms with Crippen molar-refractivity contribution in [3.63, 3.8) is 0 Å². The Morgan fingerprint density at radius 1 is 0.806 bits per heavy atom. The van der Waals surface area contributed by atoms with Gasteiger partial charge in [-0.05, 0) is 42.8 Å². The van der Waals surface area contributed by atoms with Gasteiger partial charge in [-0.3, -0.25) is 4.72 Å². The third kappa shape index (κ3) is 9.09. The van der Waals surface area contributed by atoms with Gasteiger partial charge >= 0.3 is 0 Å². The van der Waals surface area contributed by atoms with Crippen LogP contribution in [0.15, 0.2) is 47.4 Å². The summed E-state index contributed by atoms with van der Waals surface area (Å²) in [6.07, 6.45) is 12.6. The first-order valence-electron chi connectivity index (χ1n) is 11.2. The average Bonchev–Trinajstić information content (AvgIpc) is 2.75. The molecule has 172 valence electrons. The number of ether oxygens (including phenoxy) is 1. The Bertz CT molecular complexity index is 881. The summed E-state index contributed by atoms with van der Waals surface area (Å²) >= 11 is 0. The highest BCUT2D eigenvalue weighted by atomic mass is 32.2. The van der Waals surface area contributed by atoms with Gasteiger partial charge < -0.3 is 14.9 Å². The van der Waals surface area contributed by atoms with Crippen molar-refractivity contribution in [3.05, 3.63) is 42.5 Å². The Morgan fingerprint density at radius 2 is 1.39 bits per heavy atom. The highest BCUT2D eigenvalue weighted by Crippen LogP contribution is 2.29. The van der Waals surface area contributed by atoms with Crippen molar-refractivity contribution in [1.82, 2.24) is 0 Å². The molecule has 2 aromatic rings. The summed E-state index contributed by atoms with van der Waals surface area (Å²) in [5.74, 6) is 0.208. The van der Waals surface area contributed by atoms with Crippen molar-refractivity contribution in [2.24, 2.45) is 0 Å². The van der Waals surface area contributed by atoms with E-state index in [0.717, 1.165) is 18.9 Å². The molecule has 31 heavy (non-hydrogen) atoms. The number of unbranched alkanes of at least 4 members (excludes halogenated alkanes) is 9. The van der Waals surface area contributed by atoms with E-state index >= 15 is 0 Å². The molecule has 0 fully saturated rings. The van der Waals surface area contributed by atoms with E-state index in [0.29, 0.717) is 12.4 Å². The summed E-state index contributed by atoms with van der Waals surface area (Å²) in [4.78, 5) is 0.0431. The van der Waals surface area contributed by atoms with Crippen LogP contribution in [0.25, 0.3) is 0 Å². The van der Waals surface area contributed by atoms with Crippen LogP contribution >= 0.6 is 0 Å². The van der Waals surface area contributed by atoms with E-state index in [-0.39, 0.29) is 22.1 Å². The van der Waals surface area contributed by atoms with Gasteiger partial charge in [-0.25, -0.2) is 8.42 Å². The van der Waals surface area contributed by atoms with Gasteiger partial charge in [-0.1, -0.05) is 64.7 Å². The van der Waals surface area contributed by atoms with Gasteiger partial charge in [0.15, 0.2) is 0 Å². The summed E-state index contributed by atoms with van der Waals surface area (Å²) in [5.41, 5.74) is -0.0821. The summed E-state index contributed by atoms with van der Waals surface area (Å²) in [7, 11) is -3.89. The zero-order chi connectivity index (χ0) is 22.5. The Balaban J connectivity index is 1.69. The Hall–Kier alpha value is -2.41. The maximum Gasteiger partial charge on any atom is 0.262 e. The molecule has 0 radical (unpaired) electrons. The first kappa shape index (κ1) is 24.9. The molecule has 0 unspecified atom stereocenters. The summed E-state index contributed by atoms with van der Waals surface area (Å²) in [6.45, 7) is 2.85. The normalized spacial score (nSPS) is 11.4. The number of benzene rings is 2. The van der Waals surface area contributed by atoms with Gasteiger partial charge in [0.25, 0.3) is 10.0 Å². The molecule has 6 nitrogen and oxygen atoms in total. The van der Waals surface area contributed by atoms with Gasteiger partial charge in [0, 0.05) is 6.07 Å². The lowest BCUT2D eigenvalue weighted by Gasteiger charge is -2.11. The van der Waals surface area contributed by atoms with Crippen LogP contribution in [0.5, 0.6) is 17.2 Å². The molecule has 0 heterocycles. The number of nitrogens with one attached hydrogen (secondary N) is 1. The fourth-order valence-corrected chi connectivity index (χ4v) is 4.37. The minimum atomic E-state index is -3.89. The minimum Gasteiger partial charge on any atom is -0.508 e. The molecule has 0 atom stereocenters. The van der Waals surface area contributed by atoms with Crippen LogP contribution in [0, 0.1) is 0 Å². The quantitative estimate of drug-likeness (QED) is 0.171. The molecule has 0 aliphatic rings. The number of phenols is 2. The zero-order valence-corrected chi connectivity index (χ0v) is 19.2. The van der Waals surface area contributed by atoms with Crippen molar-refractivity contribution < 1.29 is 23.4 Å². The fraction of sp³-hybridized carbons (Fsp3) is 0.500. The van der Waals surface area contributed by atoms with Gasteiger partial charge in [-0.2, -0.15) is 0 Å². The molecule has 0 saturated heterocycles. The maximum atomic E-state index is 12.5. The van der Waals surface area contributed by atoms with Crippen LogP contribution in [-0.2, 0) is 10.0 Å². The lowest BCUT2D eigenvalue weighted by Crippen LogP contribution is -2.13. The minimum absolute atomic E-state index is 0.0431. The monoisotopic (exact) mass is 449 g/mol. The first-order chi connectivity index (χ1) is 14.9. The van der Waals surface area contributed by atoms with Crippen molar-refractivity contribution in [1.29, 1.82) is 0 Å². The summed E-state index contributed by atoms with van der Waals surface area (Å²) in [5, 5.41) is 19.2. The molecule has 0 aliphatic heterocycles. The first-order valence-corrected chi connectivity index (χ1v) is 12.7. The Labute approximate surface area is 186 Å². The average molecular weight is 450 g/mol. The summed E-state index contributed by atoms with van der Waals surface area (Å²) < 4.78 is 33.0. The van der Waals surface area contributed by atoms with Crippen molar-refractivity contribution >= 4 is 15.7 Å². The second-order valence-electron chi connectivity index (χ2n) is 7.81. The molecule has 0 aliphatic carbocycles. The van der Waals surface area contributed by atoms with E-state index in [1.165, 1.54) is 75.6 Å². The van der Waals surface area contributed by atoms with Crippen LogP contribution in [-0.4, -0.2) is 25.2 Å². The molecule has 0 amide bonds. The predicted molar refractivity (Wildman–Crippen MR) is 124 cm³/mol. The molecular weight excluding hydrogens is 414 g/mol. The third-order valence-electron chi connectivity index (χ3n) is 5.13. The smallest absolute Gasteiger partial charge is 0.262 e.